The third-order valence-corrected chi connectivity index (χ3v) is 4.74. The number of hydrogen-bond acceptors (Lipinski definition) is 5. The second kappa shape index (κ2) is 8.26. The van der Waals surface area contributed by atoms with Gasteiger partial charge in [0.1, 0.15) is 0 Å². The summed E-state index contributed by atoms with van der Waals surface area (Å²) in [7, 11) is 0. The van der Waals surface area contributed by atoms with Crippen LogP contribution < -0.4 is 5.32 Å². The average Bonchev–Trinajstić information content (AvgIpc) is 3.11. The van der Waals surface area contributed by atoms with Crippen molar-refractivity contribution in [1.29, 1.82) is 0 Å². The van der Waals surface area contributed by atoms with E-state index in [4.69, 9.17) is 4.74 Å². The van der Waals surface area contributed by atoms with Crippen molar-refractivity contribution >= 4 is 11.6 Å². The average molecular weight is 365 g/mol. The van der Waals surface area contributed by atoms with E-state index in [2.05, 4.69) is 20.4 Å². The number of rotatable bonds is 6. The Labute approximate surface area is 157 Å². The van der Waals surface area contributed by atoms with Crippen LogP contribution in [0.5, 0.6) is 0 Å². The molecular weight excluding hydrogens is 342 g/mol. The highest BCUT2D eigenvalue weighted by Crippen LogP contribution is 2.17. The largest absolute Gasteiger partial charge is 0.378 e. The van der Waals surface area contributed by atoms with Crippen LogP contribution in [0.3, 0.4) is 0 Å². The maximum atomic E-state index is 12.0. The maximum Gasteiger partial charge on any atom is 0.222 e. The fraction of sp³-hybridized carbons (Fsp3) is 0.400. The standard InChI is InChI=1S/C20H23N5O2/c26-20(14-17-3-1-2-12-27-17)22-10-6-16-13-19-23-18(7-11-25(19)24-16)15-4-8-21-9-5-15/h4-5,7-9,11,13,17H,1-3,6,10,12,14H2,(H,22,26)/t17-/m1/s1. The number of fused-ring (bicyclic) bond motifs is 1. The first-order valence-electron chi connectivity index (χ1n) is 9.42. The van der Waals surface area contributed by atoms with E-state index in [1.165, 1.54) is 0 Å². The Bertz CT molecular complexity index is 903. The monoisotopic (exact) mass is 365 g/mol. The molecule has 0 spiro atoms. The zero-order valence-electron chi connectivity index (χ0n) is 15.2. The Morgan fingerprint density at radius 3 is 2.96 bits per heavy atom. The van der Waals surface area contributed by atoms with Gasteiger partial charge in [-0.25, -0.2) is 9.50 Å². The zero-order valence-corrected chi connectivity index (χ0v) is 15.2. The molecule has 7 nitrogen and oxygen atoms in total. The minimum atomic E-state index is 0.0452. The molecule has 27 heavy (non-hydrogen) atoms. The van der Waals surface area contributed by atoms with Gasteiger partial charge >= 0.3 is 0 Å². The van der Waals surface area contributed by atoms with E-state index in [0.717, 1.165) is 48.5 Å². The molecule has 1 saturated heterocycles. The first-order valence-corrected chi connectivity index (χ1v) is 9.42. The van der Waals surface area contributed by atoms with E-state index in [-0.39, 0.29) is 12.0 Å². The number of amides is 1. The minimum absolute atomic E-state index is 0.0452. The van der Waals surface area contributed by atoms with Crippen LogP contribution in [-0.4, -0.2) is 44.7 Å². The van der Waals surface area contributed by atoms with Crippen LogP contribution in [0.25, 0.3) is 16.9 Å². The molecule has 0 aliphatic carbocycles. The molecular formula is C20H23N5O2. The zero-order chi connectivity index (χ0) is 18.5. The molecule has 1 fully saturated rings. The minimum Gasteiger partial charge on any atom is -0.378 e. The SMILES string of the molecule is O=C(C[C@H]1CCCCO1)NCCc1cc2nc(-c3ccncc3)ccn2n1. The van der Waals surface area contributed by atoms with Gasteiger partial charge in [0.25, 0.3) is 0 Å². The molecule has 0 saturated carbocycles. The van der Waals surface area contributed by atoms with Gasteiger partial charge in [-0.3, -0.25) is 9.78 Å². The summed E-state index contributed by atoms with van der Waals surface area (Å²) in [6.45, 7) is 1.33. The third-order valence-electron chi connectivity index (χ3n) is 4.74. The second-order valence-corrected chi connectivity index (χ2v) is 6.78. The molecule has 3 aromatic heterocycles. The number of nitrogens with one attached hydrogen (secondary N) is 1. The van der Waals surface area contributed by atoms with E-state index in [0.29, 0.717) is 19.4 Å². The predicted molar refractivity (Wildman–Crippen MR) is 101 cm³/mol. The summed E-state index contributed by atoms with van der Waals surface area (Å²) in [5, 5.41) is 7.49. The summed E-state index contributed by atoms with van der Waals surface area (Å²) < 4.78 is 7.37. The van der Waals surface area contributed by atoms with Crippen molar-refractivity contribution < 1.29 is 9.53 Å². The summed E-state index contributed by atoms with van der Waals surface area (Å²) >= 11 is 0. The highest BCUT2D eigenvalue weighted by atomic mass is 16.5. The van der Waals surface area contributed by atoms with Crippen molar-refractivity contribution in [2.75, 3.05) is 13.2 Å². The fourth-order valence-corrected chi connectivity index (χ4v) is 3.31. The van der Waals surface area contributed by atoms with Crippen LogP contribution in [0.15, 0.2) is 42.9 Å². The summed E-state index contributed by atoms with van der Waals surface area (Å²) in [5.74, 6) is 0.0452. The summed E-state index contributed by atoms with van der Waals surface area (Å²) in [6, 6.07) is 7.76. The lowest BCUT2D eigenvalue weighted by atomic mass is 10.1. The second-order valence-electron chi connectivity index (χ2n) is 6.78. The normalized spacial score (nSPS) is 17.1. The number of nitrogens with zero attached hydrogens (tertiary/aromatic N) is 4. The molecule has 0 bridgehead atoms. The highest BCUT2D eigenvalue weighted by Gasteiger charge is 2.17. The molecule has 1 aliphatic rings. The van der Waals surface area contributed by atoms with E-state index < -0.39 is 0 Å². The summed E-state index contributed by atoms with van der Waals surface area (Å²) in [4.78, 5) is 20.7. The number of hydrogen-bond donors (Lipinski definition) is 1. The van der Waals surface area contributed by atoms with E-state index in [1.807, 2.05) is 30.5 Å². The molecule has 1 atom stereocenters. The molecule has 0 unspecified atom stereocenters. The topological polar surface area (TPSA) is 81.4 Å². The van der Waals surface area contributed by atoms with Crippen molar-refractivity contribution in [1.82, 2.24) is 24.9 Å². The molecule has 1 amide bonds. The van der Waals surface area contributed by atoms with Crippen molar-refractivity contribution in [3.63, 3.8) is 0 Å². The first kappa shape index (κ1) is 17.6. The number of pyridine rings is 1. The Balaban J connectivity index is 1.33. The van der Waals surface area contributed by atoms with Gasteiger partial charge in [0, 0.05) is 49.8 Å². The lowest BCUT2D eigenvalue weighted by Gasteiger charge is -2.21. The predicted octanol–water partition coefficient (Wildman–Crippen LogP) is 2.41. The van der Waals surface area contributed by atoms with Crippen LogP contribution in [0.1, 0.15) is 31.4 Å². The van der Waals surface area contributed by atoms with Gasteiger partial charge < -0.3 is 10.1 Å². The third kappa shape index (κ3) is 4.49. The summed E-state index contributed by atoms with van der Waals surface area (Å²) in [5.41, 5.74) is 3.61. The lowest BCUT2D eigenvalue weighted by Crippen LogP contribution is -2.31. The van der Waals surface area contributed by atoms with E-state index in [9.17, 15) is 4.79 Å². The van der Waals surface area contributed by atoms with Crippen LogP contribution in [0.2, 0.25) is 0 Å². The Morgan fingerprint density at radius 1 is 1.26 bits per heavy atom. The summed E-state index contributed by atoms with van der Waals surface area (Å²) in [6.07, 6.45) is 9.83. The molecule has 4 rings (SSSR count). The molecule has 3 aromatic rings. The molecule has 0 radical (unpaired) electrons. The Kier molecular flexibility index (Phi) is 5.39. The first-order chi connectivity index (χ1) is 13.3. The molecule has 7 heteroatoms. The maximum absolute atomic E-state index is 12.0. The number of ether oxygens (including phenoxy) is 1. The Hall–Kier alpha value is -2.80. The van der Waals surface area contributed by atoms with Crippen molar-refractivity contribution in [3.05, 3.63) is 48.5 Å². The lowest BCUT2D eigenvalue weighted by molar-refractivity contribution is -0.124. The van der Waals surface area contributed by atoms with Gasteiger partial charge in [0.05, 0.1) is 23.9 Å². The van der Waals surface area contributed by atoms with Crippen LogP contribution in [0, 0.1) is 0 Å². The molecule has 1 aliphatic heterocycles. The van der Waals surface area contributed by atoms with Crippen molar-refractivity contribution in [2.45, 2.75) is 38.2 Å². The highest BCUT2D eigenvalue weighted by molar-refractivity contribution is 5.76. The van der Waals surface area contributed by atoms with Crippen LogP contribution in [0.4, 0.5) is 0 Å². The van der Waals surface area contributed by atoms with Crippen molar-refractivity contribution in [2.24, 2.45) is 0 Å². The number of aromatic nitrogens is 4. The van der Waals surface area contributed by atoms with Crippen molar-refractivity contribution in [3.8, 4) is 11.3 Å². The fourth-order valence-electron chi connectivity index (χ4n) is 3.31. The quantitative estimate of drug-likeness (QED) is 0.725. The van der Waals surface area contributed by atoms with Crippen LogP contribution >= 0.6 is 0 Å². The molecule has 1 N–H and O–H groups in total. The smallest absolute Gasteiger partial charge is 0.222 e. The van der Waals surface area contributed by atoms with Gasteiger partial charge in [-0.15, -0.1) is 0 Å². The van der Waals surface area contributed by atoms with Gasteiger partial charge in [0.2, 0.25) is 5.91 Å². The van der Waals surface area contributed by atoms with E-state index in [1.54, 1.807) is 16.9 Å². The van der Waals surface area contributed by atoms with Crippen LogP contribution in [-0.2, 0) is 16.0 Å². The molecule has 140 valence electrons. The van der Waals surface area contributed by atoms with Gasteiger partial charge in [-0.1, -0.05) is 0 Å². The van der Waals surface area contributed by atoms with E-state index >= 15 is 0 Å². The van der Waals surface area contributed by atoms with Gasteiger partial charge in [-0.05, 0) is 37.5 Å². The number of carbonyl (C=O) groups excluding carboxylic acids is 1. The molecule has 4 heterocycles. The van der Waals surface area contributed by atoms with Gasteiger partial charge in [0.15, 0.2) is 5.65 Å². The number of carbonyl (C=O) groups is 1. The van der Waals surface area contributed by atoms with Gasteiger partial charge in [-0.2, -0.15) is 5.10 Å². The Morgan fingerprint density at radius 2 is 2.15 bits per heavy atom. The molecule has 0 aromatic carbocycles.